The monoisotopic (exact) mass is 476 g/mol. The molecule has 4 rings (SSSR count). The van der Waals surface area contributed by atoms with E-state index in [1.807, 2.05) is 0 Å². The topological polar surface area (TPSA) is 96.3 Å². The van der Waals surface area contributed by atoms with Crippen molar-refractivity contribution in [3.05, 3.63) is 84.3 Å². The van der Waals surface area contributed by atoms with Gasteiger partial charge in [-0.2, -0.15) is 5.26 Å². The Morgan fingerprint density at radius 1 is 1.00 bits per heavy atom. The van der Waals surface area contributed by atoms with E-state index >= 15 is 0 Å². The van der Waals surface area contributed by atoms with Crippen LogP contribution < -0.4 is 20.1 Å². The Hall–Kier alpha value is -4.35. The number of ether oxygens (including phenoxy) is 2. The molecule has 0 aliphatic heterocycles. The van der Waals surface area contributed by atoms with E-state index in [9.17, 15) is 14.4 Å². The first-order chi connectivity index (χ1) is 16.6. The van der Waals surface area contributed by atoms with Gasteiger partial charge in [0.1, 0.15) is 35.7 Å². The number of urea groups is 1. The van der Waals surface area contributed by atoms with Crippen LogP contribution in [0.25, 0.3) is 10.9 Å². The second kappa shape index (κ2) is 10.5. The van der Waals surface area contributed by atoms with Crippen LogP contribution in [-0.4, -0.2) is 23.5 Å². The van der Waals surface area contributed by atoms with Gasteiger partial charge in [0, 0.05) is 29.0 Å². The molecule has 0 saturated heterocycles. The van der Waals surface area contributed by atoms with Crippen LogP contribution in [0.2, 0.25) is 0 Å². The van der Waals surface area contributed by atoms with Crippen molar-refractivity contribution in [2.45, 2.75) is 0 Å². The zero-order valence-corrected chi connectivity index (χ0v) is 18.5. The van der Waals surface area contributed by atoms with Gasteiger partial charge in [0.25, 0.3) is 0 Å². The van der Waals surface area contributed by atoms with Crippen molar-refractivity contribution in [2.75, 3.05) is 23.1 Å². The van der Waals surface area contributed by atoms with Crippen LogP contribution in [0.1, 0.15) is 5.56 Å². The fourth-order valence-corrected chi connectivity index (χ4v) is 3.23. The molecule has 7 nitrogen and oxygen atoms in total. The molecule has 0 radical (unpaired) electrons. The van der Waals surface area contributed by atoms with Crippen LogP contribution >= 0.6 is 11.6 Å². The molecule has 0 bridgehead atoms. The van der Waals surface area contributed by atoms with E-state index in [-0.39, 0.29) is 12.4 Å². The Kier molecular flexibility index (Phi) is 7.06. The number of carbonyl (C=O) groups is 1. The zero-order chi connectivity index (χ0) is 23.9. The quantitative estimate of drug-likeness (QED) is 0.305. The summed E-state index contributed by atoms with van der Waals surface area (Å²) in [6.45, 7) is 0.278. The molecule has 2 N–H and O–H groups in total. The lowest BCUT2D eigenvalue weighted by Crippen LogP contribution is -2.19. The molecule has 0 aliphatic rings. The lowest BCUT2D eigenvalue weighted by atomic mass is 10.1. The van der Waals surface area contributed by atoms with E-state index in [4.69, 9.17) is 21.1 Å². The molecule has 0 spiro atoms. The van der Waals surface area contributed by atoms with E-state index in [1.54, 1.807) is 48.7 Å². The molecule has 0 saturated carbocycles. The van der Waals surface area contributed by atoms with Crippen molar-refractivity contribution >= 4 is 39.9 Å². The first kappa shape index (κ1) is 22.8. The third-order valence-corrected chi connectivity index (χ3v) is 4.85. The molecule has 2 amide bonds. The minimum Gasteiger partial charge on any atom is -0.491 e. The lowest BCUT2D eigenvalue weighted by Gasteiger charge is -2.12. The Bertz CT molecular complexity index is 1360. The van der Waals surface area contributed by atoms with E-state index < -0.39 is 6.03 Å². The number of hydrogen-bond donors (Lipinski definition) is 2. The van der Waals surface area contributed by atoms with Crippen LogP contribution in [0.3, 0.4) is 0 Å². The molecule has 170 valence electrons. The minimum absolute atomic E-state index is 0.278. The molecule has 4 aromatic rings. The summed E-state index contributed by atoms with van der Waals surface area (Å²) in [4.78, 5) is 16.5. The van der Waals surface area contributed by atoms with Crippen LogP contribution in [0, 0.1) is 17.1 Å². The van der Waals surface area contributed by atoms with Gasteiger partial charge in [-0.25, -0.2) is 9.18 Å². The first-order valence-electron chi connectivity index (χ1n) is 10.2. The Morgan fingerprint density at radius 3 is 2.32 bits per heavy atom. The highest BCUT2D eigenvalue weighted by Gasteiger charge is 2.12. The average molecular weight is 477 g/mol. The van der Waals surface area contributed by atoms with Crippen molar-refractivity contribution in [3.63, 3.8) is 0 Å². The van der Waals surface area contributed by atoms with Crippen LogP contribution in [-0.2, 0) is 0 Å². The van der Waals surface area contributed by atoms with Crippen LogP contribution in [0.5, 0.6) is 17.2 Å². The first-order valence-corrected chi connectivity index (χ1v) is 10.7. The highest BCUT2D eigenvalue weighted by Crippen LogP contribution is 2.33. The molecule has 0 aliphatic carbocycles. The van der Waals surface area contributed by atoms with Crippen LogP contribution in [0.15, 0.2) is 72.9 Å². The highest BCUT2D eigenvalue weighted by molar-refractivity contribution is 6.18. The normalized spacial score (nSPS) is 10.4. The number of nitriles is 1. The number of pyridine rings is 1. The fraction of sp³-hybridized carbons (Fsp3) is 0.0800. The SMILES string of the molecule is N#Cc1cc2c(Oc3ccc(NC(=O)Nc4ccc(F)cc4)cc3)ccnc2cc1OCCCl. The lowest BCUT2D eigenvalue weighted by molar-refractivity contribution is 0.262. The fourth-order valence-electron chi connectivity index (χ4n) is 3.15. The third-order valence-electron chi connectivity index (χ3n) is 4.70. The second-order valence-corrected chi connectivity index (χ2v) is 7.41. The van der Waals surface area contributed by atoms with E-state index in [2.05, 4.69) is 21.7 Å². The van der Waals surface area contributed by atoms with Crippen LogP contribution in [0.4, 0.5) is 20.6 Å². The number of nitrogens with one attached hydrogen (secondary N) is 2. The molecule has 0 unspecified atom stereocenters. The van der Waals surface area contributed by atoms with Gasteiger partial charge in [-0.3, -0.25) is 4.98 Å². The van der Waals surface area contributed by atoms with E-state index in [0.29, 0.717) is 51.0 Å². The molecular weight excluding hydrogens is 459 g/mol. The van der Waals surface area contributed by atoms with Crippen molar-refractivity contribution in [1.29, 1.82) is 5.26 Å². The molecule has 1 aromatic heterocycles. The summed E-state index contributed by atoms with van der Waals surface area (Å²) in [7, 11) is 0. The molecule has 3 aromatic carbocycles. The van der Waals surface area contributed by atoms with Gasteiger partial charge < -0.3 is 20.1 Å². The minimum atomic E-state index is -0.461. The predicted octanol–water partition coefficient (Wildman–Crippen LogP) is 6.30. The highest BCUT2D eigenvalue weighted by atomic mass is 35.5. The van der Waals surface area contributed by atoms with Gasteiger partial charge >= 0.3 is 6.03 Å². The van der Waals surface area contributed by atoms with Gasteiger partial charge in [0.05, 0.1) is 17.0 Å². The number of halogens is 2. The molecule has 0 fully saturated rings. The summed E-state index contributed by atoms with van der Waals surface area (Å²) in [5, 5.41) is 15.5. The largest absolute Gasteiger partial charge is 0.491 e. The molecule has 9 heteroatoms. The van der Waals surface area contributed by atoms with E-state index in [1.165, 1.54) is 24.3 Å². The van der Waals surface area contributed by atoms with Crippen molar-refractivity contribution in [2.24, 2.45) is 0 Å². The van der Waals surface area contributed by atoms with Gasteiger partial charge in [-0.1, -0.05) is 0 Å². The summed E-state index contributed by atoms with van der Waals surface area (Å²) in [5.41, 5.74) is 1.97. The number of aromatic nitrogens is 1. The maximum absolute atomic E-state index is 13.0. The maximum Gasteiger partial charge on any atom is 0.323 e. The number of benzene rings is 3. The van der Waals surface area contributed by atoms with Crippen molar-refractivity contribution in [3.8, 4) is 23.3 Å². The standard InChI is InChI=1S/C25H18ClFN4O3/c26-10-12-33-24-14-22-21(13-16(24)15-28)23(9-11-29-22)34-20-7-5-19(6-8-20)31-25(32)30-18-3-1-17(27)2-4-18/h1-9,11,13-14H,10,12H2,(H2,30,31,32). The number of alkyl halides is 1. The zero-order valence-electron chi connectivity index (χ0n) is 17.7. The third kappa shape index (κ3) is 5.52. The number of rotatable bonds is 7. The number of carbonyl (C=O) groups excluding carboxylic acids is 1. The average Bonchev–Trinajstić information content (AvgIpc) is 2.85. The summed E-state index contributed by atoms with van der Waals surface area (Å²) in [5.74, 6) is 1.37. The Balaban J connectivity index is 1.47. The summed E-state index contributed by atoms with van der Waals surface area (Å²) in [6.07, 6.45) is 1.60. The molecular formula is C25H18ClFN4O3. The van der Waals surface area contributed by atoms with Crippen molar-refractivity contribution < 1.29 is 18.7 Å². The second-order valence-electron chi connectivity index (χ2n) is 7.04. The van der Waals surface area contributed by atoms with Gasteiger partial charge in [0.15, 0.2) is 0 Å². The number of amides is 2. The predicted molar refractivity (Wildman–Crippen MR) is 128 cm³/mol. The molecule has 0 atom stereocenters. The van der Waals surface area contributed by atoms with Gasteiger partial charge in [0.2, 0.25) is 0 Å². The number of fused-ring (bicyclic) bond motifs is 1. The summed E-state index contributed by atoms with van der Waals surface area (Å²) in [6, 6.07) is 18.9. The summed E-state index contributed by atoms with van der Waals surface area (Å²) >= 11 is 5.68. The van der Waals surface area contributed by atoms with Crippen molar-refractivity contribution in [1.82, 2.24) is 4.98 Å². The molecule has 1 heterocycles. The van der Waals surface area contributed by atoms with Gasteiger partial charge in [-0.15, -0.1) is 11.6 Å². The smallest absolute Gasteiger partial charge is 0.323 e. The number of nitrogens with zero attached hydrogens (tertiary/aromatic N) is 2. The summed E-state index contributed by atoms with van der Waals surface area (Å²) < 4.78 is 24.5. The maximum atomic E-state index is 13.0. The van der Waals surface area contributed by atoms with E-state index in [0.717, 1.165) is 0 Å². The Morgan fingerprint density at radius 2 is 1.68 bits per heavy atom. The number of anilines is 2. The number of hydrogen-bond acceptors (Lipinski definition) is 5. The van der Waals surface area contributed by atoms with Gasteiger partial charge in [-0.05, 0) is 60.7 Å². The Labute approximate surface area is 199 Å². The molecule has 34 heavy (non-hydrogen) atoms.